The summed E-state index contributed by atoms with van der Waals surface area (Å²) in [7, 11) is 2.17. The van der Waals surface area contributed by atoms with Crippen molar-refractivity contribution >= 4 is 22.3 Å². The van der Waals surface area contributed by atoms with Crippen LogP contribution in [0.5, 0.6) is 11.5 Å². The Balaban J connectivity index is 0.933. The van der Waals surface area contributed by atoms with Crippen molar-refractivity contribution in [3.63, 3.8) is 0 Å². The van der Waals surface area contributed by atoms with Gasteiger partial charge in [0.25, 0.3) is 0 Å². The van der Waals surface area contributed by atoms with E-state index in [1.807, 2.05) is 42.9 Å². The van der Waals surface area contributed by atoms with Gasteiger partial charge in [-0.3, -0.25) is 9.80 Å². The molecule has 1 aromatic heterocycles. The first-order valence-electron chi connectivity index (χ1n) is 18.3. The number of carbonyl (C=O) groups excluding carboxylic acids is 1. The van der Waals surface area contributed by atoms with Gasteiger partial charge in [-0.05, 0) is 85.1 Å². The van der Waals surface area contributed by atoms with Gasteiger partial charge in [0.2, 0.25) is 0 Å². The molecule has 260 valence electrons. The Labute approximate surface area is 300 Å². The zero-order valence-corrected chi connectivity index (χ0v) is 29.4. The average molecular weight is 679 g/mol. The summed E-state index contributed by atoms with van der Waals surface area (Å²) < 4.78 is 8.29. The number of hydrogen-bond donors (Lipinski definition) is 0. The quantitative estimate of drug-likeness (QED) is 0.149. The molecule has 4 aromatic carbocycles. The van der Waals surface area contributed by atoms with Gasteiger partial charge in [0, 0.05) is 57.2 Å². The summed E-state index contributed by atoms with van der Waals surface area (Å²) >= 11 is 0. The lowest BCUT2D eigenvalue weighted by atomic mass is 9.93. The molecule has 0 aliphatic carbocycles. The zero-order chi connectivity index (χ0) is 34.6. The summed E-state index contributed by atoms with van der Waals surface area (Å²) in [6.07, 6.45) is 8.44. The van der Waals surface area contributed by atoms with Gasteiger partial charge in [0.1, 0.15) is 23.1 Å². The highest BCUT2D eigenvalue weighted by molar-refractivity contribution is 5.96. The van der Waals surface area contributed by atoms with Gasteiger partial charge in [-0.2, -0.15) is 0 Å². The predicted octanol–water partition coefficient (Wildman–Crippen LogP) is 6.93. The Bertz CT molecular complexity index is 2010. The van der Waals surface area contributed by atoms with Gasteiger partial charge in [0.05, 0.1) is 24.6 Å². The Hall–Kier alpha value is -4.98. The molecule has 8 rings (SSSR count). The summed E-state index contributed by atoms with van der Waals surface area (Å²) in [6, 6.07) is 33.3. The van der Waals surface area contributed by atoms with Crippen LogP contribution in [0.25, 0.3) is 16.3 Å². The molecule has 0 bridgehead atoms. The van der Waals surface area contributed by atoms with Crippen molar-refractivity contribution in [2.24, 2.45) is 5.92 Å². The molecule has 0 N–H and O–H groups in total. The Morgan fingerprint density at radius 1 is 0.784 bits per heavy atom. The van der Waals surface area contributed by atoms with Gasteiger partial charge in [0.15, 0.2) is 0 Å². The molecule has 0 spiro atoms. The SMILES string of the molecule is CN1CCN(C2C(=C=O)N(Cc3cncn3CC3CCN(Cc4ccc(Oc5ccccc5)cc4)CC3)C=C2c2cccc3ccccc23)CC1. The third-order valence-electron chi connectivity index (χ3n) is 10.9. The number of ether oxygens (including phenoxy) is 1. The minimum Gasteiger partial charge on any atom is -0.457 e. The van der Waals surface area contributed by atoms with E-state index in [2.05, 4.69) is 115 Å². The van der Waals surface area contributed by atoms with E-state index in [-0.39, 0.29) is 6.04 Å². The molecule has 2 saturated heterocycles. The Morgan fingerprint density at radius 2 is 1.51 bits per heavy atom. The van der Waals surface area contributed by atoms with E-state index in [4.69, 9.17) is 4.74 Å². The lowest BCUT2D eigenvalue weighted by molar-refractivity contribution is 0.140. The van der Waals surface area contributed by atoms with Crippen molar-refractivity contribution in [3.05, 3.63) is 138 Å². The average Bonchev–Trinajstić information content (AvgIpc) is 3.77. The van der Waals surface area contributed by atoms with Crippen LogP contribution in [-0.2, 0) is 24.4 Å². The van der Waals surface area contributed by atoms with E-state index in [0.717, 1.165) is 82.4 Å². The van der Waals surface area contributed by atoms with E-state index in [0.29, 0.717) is 18.2 Å². The normalized spacial score (nSPS) is 19.4. The molecular weight excluding hydrogens is 633 g/mol. The van der Waals surface area contributed by atoms with Crippen LogP contribution in [0.1, 0.15) is 29.7 Å². The predicted molar refractivity (Wildman–Crippen MR) is 203 cm³/mol. The van der Waals surface area contributed by atoms with Gasteiger partial charge in [-0.25, -0.2) is 9.78 Å². The van der Waals surface area contributed by atoms with E-state index in [1.54, 1.807) is 0 Å². The molecule has 8 nitrogen and oxygen atoms in total. The number of aromatic nitrogens is 2. The summed E-state index contributed by atoms with van der Waals surface area (Å²) in [5.41, 5.74) is 5.48. The number of imidazole rings is 1. The lowest BCUT2D eigenvalue weighted by Crippen LogP contribution is -2.50. The first kappa shape index (κ1) is 33.2. The van der Waals surface area contributed by atoms with E-state index >= 15 is 0 Å². The molecule has 8 heteroatoms. The first-order chi connectivity index (χ1) is 25.1. The Morgan fingerprint density at radius 3 is 2.29 bits per heavy atom. The molecule has 51 heavy (non-hydrogen) atoms. The summed E-state index contributed by atoms with van der Waals surface area (Å²) in [5.74, 6) is 4.71. The third kappa shape index (κ3) is 7.41. The second kappa shape index (κ2) is 15.1. The standard InChI is InChI=1S/C43H46N6O2/c1-45-22-24-47(25-23-45)43-41(40-13-7-9-35-8-5-6-12-39(35)40)30-48(42(43)31-50)29-36-26-44-32-49(36)28-34-18-20-46(21-19-34)27-33-14-16-38(17-15-33)51-37-10-3-2-4-11-37/h2-17,26,30,32,34,43H,18-25,27-29H2,1H3. The van der Waals surface area contributed by atoms with Gasteiger partial charge < -0.3 is 19.1 Å². The van der Waals surface area contributed by atoms with Crippen LogP contribution in [0.2, 0.25) is 0 Å². The van der Waals surface area contributed by atoms with E-state index < -0.39 is 0 Å². The molecule has 0 radical (unpaired) electrons. The fraction of sp³-hybridized carbons (Fsp3) is 0.326. The monoisotopic (exact) mass is 678 g/mol. The zero-order valence-electron chi connectivity index (χ0n) is 29.4. The van der Waals surface area contributed by atoms with Gasteiger partial charge >= 0.3 is 0 Å². The number of nitrogens with zero attached hydrogens (tertiary/aromatic N) is 6. The molecular formula is C43H46N6O2. The molecule has 5 aromatic rings. The maximum Gasteiger partial charge on any atom is 0.148 e. The maximum atomic E-state index is 12.9. The van der Waals surface area contributed by atoms with E-state index in [9.17, 15) is 4.79 Å². The van der Waals surface area contributed by atoms with Crippen molar-refractivity contribution in [1.29, 1.82) is 0 Å². The van der Waals surface area contributed by atoms with Crippen LogP contribution in [-0.4, -0.2) is 87.5 Å². The number of likely N-dealkylation sites (tertiary alicyclic amines) is 1. The minimum atomic E-state index is -0.129. The number of likely N-dealkylation sites (N-methyl/N-ethyl adjacent to an activating group) is 1. The summed E-state index contributed by atoms with van der Waals surface area (Å²) in [6.45, 7) is 8.40. The smallest absolute Gasteiger partial charge is 0.148 e. The highest BCUT2D eigenvalue weighted by Gasteiger charge is 2.38. The van der Waals surface area contributed by atoms with Crippen molar-refractivity contribution in [1.82, 2.24) is 29.2 Å². The maximum absolute atomic E-state index is 12.9. The molecule has 4 heterocycles. The molecule has 1 atom stereocenters. The minimum absolute atomic E-state index is 0.129. The topological polar surface area (TPSA) is 57.1 Å². The van der Waals surface area contributed by atoms with E-state index in [1.165, 1.54) is 27.5 Å². The van der Waals surface area contributed by atoms with Crippen LogP contribution in [0, 0.1) is 5.92 Å². The van der Waals surface area contributed by atoms with Crippen molar-refractivity contribution in [2.45, 2.75) is 38.5 Å². The van der Waals surface area contributed by atoms with Gasteiger partial charge in [-0.15, -0.1) is 0 Å². The first-order valence-corrected chi connectivity index (χ1v) is 18.3. The number of hydrogen-bond acceptors (Lipinski definition) is 7. The van der Waals surface area contributed by atoms with Crippen LogP contribution in [0.4, 0.5) is 0 Å². The fourth-order valence-electron chi connectivity index (χ4n) is 7.97. The molecule has 1 unspecified atom stereocenters. The number of piperidine rings is 1. The summed E-state index contributed by atoms with van der Waals surface area (Å²) in [5, 5.41) is 2.42. The van der Waals surface area contributed by atoms with Crippen molar-refractivity contribution in [2.75, 3.05) is 46.3 Å². The third-order valence-corrected chi connectivity index (χ3v) is 10.9. The highest BCUT2D eigenvalue weighted by Crippen LogP contribution is 2.39. The largest absolute Gasteiger partial charge is 0.457 e. The number of rotatable bonds is 10. The molecule has 2 fully saturated rings. The van der Waals surface area contributed by atoms with Crippen LogP contribution >= 0.6 is 0 Å². The van der Waals surface area contributed by atoms with Crippen molar-refractivity contribution < 1.29 is 9.53 Å². The van der Waals surface area contributed by atoms with Crippen LogP contribution < -0.4 is 4.74 Å². The second-order valence-electron chi connectivity index (χ2n) is 14.3. The molecule has 3 aliphatic rings. The van der Waals surface area contributed by atoms with Crippen molar-refractivity contribution in [3.8, 4) is 11.5 Å². The number of fused-ring (bicyclic) bond motifs is 1. The summed E-state index contributed by atoms with van der Waals surface area (Å²) in [4.78, 5) is 27.0. The molecule has 0 amide bonds. The second-order valence-corrected chi connectivity index (χ2v) is 14.3. The van der Waals surface area contributed by atoms with Crippen LogP contribution in [0.3, 0.4) is 0 Å². The number of benzene rings is 4. The Kier molecular flexibility index (Phi) is 9.82. The number of para-hydroxylation sites is 1. The van der Waals surface area contributed by atoms with Crippen LogP contribution in [0.15, 0.2) is 121 Å². The number of piperazine rings is 1. The fourth-order valence-corrected chi connectivity index (χ4v) is 7.97. The lowest BCUT2D eigenvalue weighted by Gasteiger charge is -2.37. The highest BCUT2D eigenvalue weighted by atomic mass is 16.5. The molecule has 0 saturated carbocycles. The molecule has 3 aliphatic heterocycles. The van der Waals surface area contributed by atoms with Gasteiger partial charge in [-0.1, -0.05) is 72.8 Å².